The smallest absolute Gasteiger partial charge is 0.307 e. The molecule has 0 radical (unpaired) electrons. The Hall–Kier alpha value is -1.59. The van der Waals surface area contributed by atoms with Gasteiger partial charge in [0.15, 0.2) is 0 Å². The molecule has 0 aromatic rings. The van der Waals surface area contributed by atoms with Gasteiger partial charge in [-0.3, -0.25) is 14.4 Å². The Kier molecular flexibility index (Phi) is 4.07. The van der Waals surface area contributed by atoms with E-state index in [0.29, 0.717) is 32.4 Å². The van der Waals surface area contributed by atoms with Gasteiger partial charge in [0.1, 0.15) is 6.04 Å². The molecular weight excluding hydrogens is 248 g/mol. The van der Waals surface area contributed by atoms with Crippen LogP contribution < -0.4 is 5.32 Å². The fraction of sp³-hybridized carbons (Fsp3) is 0.769. The van der Waals surface area contributed by atoms with Crippen LogP contribution in [-0.4, -0.2) is 46.9 Å². The maximum absolute atomic E-state index is 12.5. The minimum Gasteiger partial charge on any atom is -0.481 e. The monoisotopic (exact) mass is 268 g/mol. The van der Waals surface area contributed by atoms with Crippen molar-refractivity contribution in [2.24, 2.45) is 11.8 Å². The summed E-state index contributed by atoms with van der Waals surface area (Å²) in [6, 6.07) is -0.448. The summed E-state index contributed by atoms with van der Waals surface area (Å²) >= 11 is 0. The van der Waals surface area contributed by atoms with Crippen molar-refractivity contribution >= 4 is 17.8 Å². The molecule has 6 nitrogen and oxygen atoms in total. The Labute approximate surface area is 112 Å². The summed E-state index contributed by atoms with van der Waals surface area (Å²) in [6.07, 6.45) is 2.50. The molecule has 1 saturated heterocycles. The third-order valence-corrected chi connectivity index (χ3v) is 4.15. The van der Waals surface area contributed by atoms with Gasteiger partial charge in [-0.25, -0.2) is 0 Å². The molecule has 1 saturated carbocycles. The SMILES string of the molecule is CCC1C(=O)NCCN1C(=O)[C@@H]1CCC[C@@H]1C(=O)O. The quantitative estimate of drug-likeness (QED) is 0.767. The van der Waals surface area contributed by atoms with Crippen molar-refractivity contribution < 1.29 is 19.5 Å². The van der Waals surface area contributed by atoms with Gasteiger partial charge in [0.2, 0.25) is 11.8 Å². The molecule has 2 fully saturated rings. The second kappa shape index (κ2) is 5.59. The summed E-state index contributed by atoms with van der Waals surface area (Å²) in [4.78, 5) is 37.0. The van der Waals surface area contributed by atoms with Crippen molar-refractivity contribution in [3.05, 3.63) is 0 Å². The maximum atomic E-state index is 12.5. The molecule has 2 N–H and O–H groups in total. The molecule has 1 heterocycles. The highest BCUT2D eigenvalue weighted by atomic mass is 16.4. The number of hydrogen-bond acceptors (Lipinski definition) is 3. The number of carboxylic acids is 1. The van der Waals surface area contributed by atoms with Gasteiger partial charge in [-0.1, -0.05) is 13.3 Å². The molecule has 2 aliphatic rings. The lowest BCUT2D eigenvalue weighted by Crippen LogP contribution is -2.58. The number of amides is 2. The first kappa shape index (κ1) is 13.8. The highest BCUT2D eigenvalue weighted by molar-refractivity contribution is 5.91. The fourth-order valence-electron chi connectivity index (χ4n) is 3.15. The van der Waals surface area contributed by atoms with Gasteiger partial charge >= 0.3 is 5.97 Å². The van der Waals surface area contributed by atoms with E-state index in [9.17, 15) is 14.4 Å². The van der Waals surface area contributed by atoms with Crippen molar-refractivity contribution in [2.75, 3.05) is 13.1 Å². The van der Waals surface area contributed by atoms with Crippen LogP contribution in [0.4, 0.5) is 0 Å². The average molecular weight is 268 g/mol. The standard InChI is InChI=1S/C13H20N2O4/c1-2-10-11(16)14-6-7-15(10)12(17)8-4-3-5-9(8)13(18)19/h8-10H,2-7H2,1H3,(H,14,16)(H,18,19)/t8-,9+,10?/m1/s1. The Bertz CT molecular complexity index is 396. The fourth-order valence-corrected chi connectivity index (χ4v) is 3.15. The van der Waals surface area contributed by atoms with Crippen LogP contribution >= 0.6 is 0 Å². The van der Waals surface area contributed by atoms with Crippen LogP contribution in [-0.2, 0) is 14.4 Å². The van der Waals surface area contributed by atoms with Crippen molar-refractivity contribution in [2.45, 2.75) is 38.6 Å². The van der Waals surface area contributed by atoms with Gasteiger partial charge < -0.3 is 15.3 Å². The van der Waals surface area contributed by atoms with E-state index in [-0.39, 0.29) is 11.8 Å². The van der Waals surface area contributed by atoms with E-state index in [0.717, 1.165) is 6.42 Å². The summed E-state index contributed by atoms with van der Waals surface area (Å²) in [5, 5.41) is 11.9. The first-order valence-corrected chi connectivity index (χ1v) is 6.87. The maximum Gasteiger partial charge on any atom is 0.307 e. The van der Waals surface area contributed by atoms with E-state index in [1.165, 1.54) is 0 Å². The Morgan fingerprint density at radius 2 is 2.05 bits per heavy atom. The van der Waals surface area contributed by atoms with Gasteiger partial charge in [-0.05, 0) is 19.3 Å². The van der Waals surface area contributed by atoms with Crippen molar-refractivity contribution in [1.82, 2.24) is 10.2 Å². The zero-order valence-electron chi connectivity index (χ0n) is 11.1. The number of carbonyl (C=O) groups is 3. The van der Waals surface area contributed by atoms with Crippen LogP contribution in [0.1, 0.15) is 32.6 Å². The minimum atomic E-state index is -0.898. The third-order valence-electron chi connectivity index (χ3n) is 4.15. The molecule has 1 aliphatic carbocycles. The summed E-state index contributed by atoms with van der Waals surface area (Å²) in [5.74, 6) is -2.24. The number of carboxylic acid groups (broad SMARTS) is 1. The molecule has 0 spiro atoms. The lowest BCUT2D eigenvalue weighted by molar-refractivity contribution is -0.152. The number of rotatable bonds is 3. The van der Waals surface area contributed by atoms with E-state index < -0.39 is 23.8 Å². The van der Waals surface area contributed by atoms with E-state index in [1.54, 1.807) is 4.90 Å². The summed E-state index contributed by atoms with van der Waals surface area (Å²) in [5.41, 5.74) is 0. The van der Waals surface area contributed by atoms with Crippen LogP contribution in [0.15, 0.2) is 0 Å². The number of piperazine rings is 1. The van der Waals surface area contributed by atoms with Crippen molar-refractivity contribution in [3.63, 3.8) is 0 Å². The van der Waals surface area contributed by atoms with Gasteiger partial charge in [0.25, 0.3) is 0 Å². The molecule has 3 atom stereocenters. The van der Waals surface area contributed by atoms with Gasteiger partial charge in [-0.15, -0.1) is 0 Å². The van der Waals surface area contributed by atoms with Crippen LogP contribution in [0.2, 0.25) is 0 Å². The number of nitrogens with zero attached hydrogens (tertiary/aromatic N) is 1. The molecule has 2 rings (SSSR count). The largest absolute Gasteiger partial charge is 0.481 e. The number of aliphatic carboxylic acids is 1. The van der Waals surface area contributed by atoms with E-state index >= 15 is 0 Å². The van der Waals surface area contributed by atoms with E-state index in [4.69, 9.17) is 5.11 Å². The van der Waals surface area contributed by atoms with E-state index in [1.807, 2.05) is 6.92 Å². The predicted octanol–water partition coefficient (Wildman–Crippen LogP) is 0.224. The predicted molar refractivity (Wildman–Crippen MR) is 67.3 cm³/mol. The van der Waals surface area contributed by atoms with Crippen LogP contribution in [0.25, 0.3) is 0 Å². The first-order chi connectivity index (χ1) is 9.06. The molecule has 0 bridgehead atoms. The lowest BCUT2D eigenvalue weighted by Gasteiger charge is -2.36. The summed E-state index contributed by atoms with van der Waals surface area (Å²) in [6.45, 7) is 2.79. The highest BCUT2D eigenvalue weighted by Crippen LogP contribution is 2.34. The zero-order valence-corrected chi connectivity index (χ0v) is 11.1. The molecule has 1 aliphatic heterocycles. The molecule has 6 heteroatoms. The van der Waals surface area contributed by atoms with Crippen molar-refractivity contribution in [3.8, 4) is 0 Å². The molecule has 0 aromatic heterocycles. The second-order valence-corrected chi connectivity index (χ2v) is 5.23. The molecule has 106 valence electrons. The highest BCUT2D eigenvalue weighted by Gasteiger charge is 2.42. The Morgan fingerprint density at radius 3 is 2.68 bits per heavy atom. The lowest BCUT2D eigenvalue weighted by atomic mass is 9.93. The molecular formula is C13H20N2O4. The number of carbonyl (C=O) groups excluding carboxylic acids is 2. The summed E-state index contributed by atoms with van der Waals surface area (Å²) < 4.78 is 0. The van der Waals surface area contributed by atoms with E-state index in [2.05, 4.69) is 5.32 Å². The van der Waals surface area contributed by atoms with Crippen molar-refractivity contribution in [1.29, 1.82) is 0 Å². The van der Waals surface area contributed by atoms with Gasteiger partial charge in [-0.2, -0.15) is 0 Å². The molecule has 0 aromatic carbocycles. The topological polar surface area (TPSA) is 86.7 Å². The van der Waals surface area contributed by atoms with Crippen LogP contribution in [0.3, 0.4) is 0 Å². The average Bonchev–Trinajstić information content (AvgIpc) is 2.86. The number of nitrogens with one attached hydrogen (secondary N) is 1. The van der Waals surface area contributed by atoms with Gasteiger partial charge in [0, 0.05) is 13.1 Å². The Balaban J connectivity index is 2.13. The van der Waals surface area contributed by atoms with Gasteiger partial charge in [0.05, 0.1) is 11.8 Å². The summed E-state index contributed by atoms with van der Waals surface area (Å²) in [7, 11) is 0. The minimum absolute atomic E-state index is 0.132. The molecule has 1 unspecified atom stereocenters. The third kappa shape index (κ3) is 2.57. The number of hydrogen-bond donors (Lipinski definition) is 2. The molecule has 19 heavy (non-hydrogen) atoms. The molecule has 2 amide bonds. The first-order valence-electron chi connectivity index (χ1n) is 6.87. The van der Waals surface area contributed by atoms with Crippen LogP contribution in [0.5, 0.6) is 0 Å². The van der Waals surface area contributed by atoms with Crippen LogP contribution in [0, 0.1) is 11.8 Å². The normalized spacial score (nSPS) is 31.1. The Morgan fingerprint density at radius 1 is 1.37 bits per heavy atom. The zero-order chi connectivity index (χ0) is 14.0. The second-order valence-electron chi connectivity index (χ2n) is 5.23.